The average molecular weight is 340 g/mol. The summed E-state index contributed by atoms with van der Waals surface area (Å²) in [5, 5.41) is 2.75. The van der Waals surface area contributed by atoms with Gasteiger partial charge in [0.15, 0.2) is 0 Å². The average Bonchev–Trinajstić information content (AvgIpc) is 2.62. The molecule has 2 aromatic carbocycles. The largest absolute Gasteiger partial charge is 0.494 e. The molecule has 2 aromatic rings. The van der Waals surface area contributed by atoms with Gasteiger partial charge < -0.3 is 15.8 Å². The van der Waals surface area contributed by atoms with Gasteiger partial charge in [-0.05, 0) is 48.9 Å². The van der Waals surface area contributed by atoms with Crippen LogP contribution in [-0.2, 0) is 0 Å². The van der Waals surface area contributed by atoms with Crippen LogP contribution in [0.15, 0.2) is 48.5 Å². The zero-order valence-electron chi connectivity index (χ0n) is 14.5. The molecule has 0 spiro atoms. The number of primary amides is 1. The van der Waals surface area contributed by atoms with Crippen molar-refractivity contribution in [3.8, 4) is 5.75 Å². The van der Waals surface area contributed by atoms with E-state index in [4.69, 9.17) is 10.5 Å². The molecule has 0 aliphatic carbocycles. The number of benzene rings is 2. The first-order chi connectivity index (χ1) is 12.1. The molecule has 0 saturated heterocycles. The normalized spacial score (nSPS) is 10.3. The van der Waals surface area contributed by atoms with E-state index < -0.39 is 5.91 Å². The molecule has 3 N–H and O–H groups in total. The fourth-order valence-electron chi connectivity index (χ4n) is 2.37. The van der Waals surface area contributed by atoms with E-state index in [-0.39, 0.29) is 5.91 Å². The fourth-order valence-corrected chi connectivity index (χ4v) is 2.37. The lowest BCUT2D eigenvalue weighted by Gasteiger charge is -2.08. The van der Waals surface area contributed by atoms with Gasteiger partial charge in [-0.3, -0.25) is 9.59 Å². The van der Waals surface area contributed by atoms with Gasteiger partial charge in [-0.25, -0.2) is 0 Å². The Morgan fingerprint density at radius 3 is 2.44 bits per heavy atom. The molecule has 2 rings (SSSR count). The number of nitrogens with two attached hydrogens (primary N) is 1. The molecule has 5 heteroatoms. The quantitative estimate of drug-likeness (QED) is 0.677. The first kappa shape index (κ1) is 18.5. The van der Waals surface area contributed by atoms with E-state index >= 15 is 0 Å². The van der Waals surface area contributed by atoms with Crippen LogP contribution in [0.3, 0.4) is 0 Å². The molecule has 0 fully saturated rings. The molecule has 5 nitrogen and oxygen atoms in total. The fraction of sp³-hybridized carbons (Fsp3) is 0.300. The SMILES string of the molecule is CCCCCCOc1ccc(C(=O)Nc2cccc(C(N)=O)c2)cc1. The van der Waals surface area contributed by atoms with E-state index in [9.17, 15) is 9.59 Å². The van der Waals surface area contributed by atoms with Crippen LogP contribution in [0.4, 0.5) is 5.69 Å². The molecule has 0 saturated carbocycles. The molecule has 132 valence electrons. The minimum Gasteiger partial charge on any atom is -0.494 e. The summed E-state index contributed by atoms with van der Waals surface area (Å²) in [6, 6.07) is 13.5. The van der Waals surface area contributed by atoms with E-state index in [1.165, 1.54) is 19.3 Å². The smallest absolute Gasteiger partial charge is 0.255 e. The summed E-state index contributed by atoms with van der Waals surface area (Å²) in [6.45, 7) is 2.86. The molecule has 0 radical (unpaired) electrons. The predicted octanol–water partition coefficient (Wildman–Crippen LogP) is 4.00. The number of hydrogen-bond donors (Lipinski definition) is 2. The lowest BCUT2D eigenvalue weighted by Crippen LogP contribution is -2.14. The first-order valence-corrected chi connectivity index (χ1v) is 8.54. The minimum absolute atomic E-state index is 0.254. The maximum atomic E-state index is 12.3. The van der Waals surface area contributed by atoms with E-state index in [0.29, 0.717) is 23.4 Å². The van der Waals surface area contributed by atoms with Crippen LogP contribution in [0.1, 0.15) is 53.3 Å². The van der Waals surface area contributed by atoms with E-state index in [0.717, 1.165) is 12.2 Å². The minimum atomic E-state index is -0.531. The van der Waals surface area contributed by atoms with Gasteiger partial charge in [0.05, 0.1) is 6.61 Å². The summed E-state index contributed by atoms with van der Waals surface area (Å²) < 4.78 is 5.66. The number of anilines is 1. The summed E-state index contributed by atoms with van der Waals surface area (Å²) in [6.07, 6.45) is 4.62. The molecular formula is C20H24N2O3. The molecule has 0 aromatic heterocycles. The van der Waals surface area contributed by atoms with Crippen LogP contribution in [0.5, 0.6) is 5.75 Å². The van der Waals surface area contributed by atoms with Crippen molar-refractivity contribution in [1.82, 2.24) is 0 Å². The Labute approximate surface area is 148 Å². The summed E-state index contributed by atoms with van der Waals surface area (Å²) in [4.78, 5) is 23.5. The number of hydrogen-bond acceptors (Lipinski definition) is 3. The topological polar surface area (TPSA) is 81.4 Å². The lowest BCUT2D eigenvalue weighted by molar-refractivity contribution is 0.0996. The van der Waals surface area contributed by atoms with Gasteiger partial charge in [0.25, 0.3) is 5.91 Å². The van der Waals surface area contributed by atoms with E-state index in [1.807, 2.05) is 0 Å². The number of unbranched alkanes of at least 4 members (excludes halogenated alkanes) is 3. The van der Waals surface area contributed by atoms with Crippen LogP contribution in [0.25, 0.3) is 0 Å². The van der Waals surface area contributed by atoms with E-state index in [1.54, 1.807) is 48.5 Å². The molecular weight excluding hydrogens is 316 g/mol. The molecule has 2 amide bonds. The van der Waals surface area contributed by atoms with Gasteiger partial charge in [0, 0.05) is 16.8 Å². The number of ether oxygens (including phenoxy) is 1. The Morgan fingerprint density at radius 1 is 1.00 bits per heavy atom. The monoisotopic (exact) mass is 340 g/mol. The Balaban J connectivity index is 1.89. The number of rotatable bonds is 9. The summed E-state index contributed by atoms with van der Waals surface area (Å²) in [5.41, 5.74) is 6.64. The molecule has 0 heterocycles. The van der Waals surface area contributed by atoms with Gasteiger partial charge in [-0.2, -0.15) is 0 Å². The van der Waals surface area contributed by atoms with Crippen molar-refractivity contribution in [1.29, 1.82) is 0 Å². The third kappa shape index (κ3) is 5.95. The molecule has 0 unspecified atom stereocenters. The maximum absolute atomic E-state index is 12.3. The Bertz CT molecular complexity index is 711. The van der Waals surface area contributed by atoms with Crippen LogP contribution in [-0.4, -0.2) is 18.4 Å². The maximum Gasteiger partial charge on any atom is 0.255 e. The summed E-state index contributed by atoms with van der Waals surface area (Å²) >= 11 is 0. The standard InChI is InChI=1S/C20H24N2O3/c1-2-3-4-5-13-25-18-11-9-15(10-12-18)20(24)22-17-8-6-7-16(14-17)19(21)23/h6-12,14H,2-5,13H2,1H3,(H2,21,23)(H,22,24). The predicted molar refractivity (Wildman–Crippen MR) is 99.0 cm³/mol. The number of amides is 2. The third-order valence-electron chi connectivity index (χ3n) is 3.79. The zero-order valence-corrected chi connectivity index (χ0v) is 14.5. The van der Waals surface area contributed by atoms with Gasteiger partial charge in [0.2, 0.25) is 5.91 Å². The lowest BCUT2D eigenvalue weighted by atomic mass is 10.1. The van der Waals surface area contributed by atoms with Crippen LogP contribution < -0.4 is 15.8 Å². The second-order valence-corrected chi connectivity index (χ2v) is 5.83. The Kier molecular flexibility index (Phi) is 7.01. The van der Waals surface area contributed by atoms with Crippen molar-refractivity contribution in [2.24, 2.45) is 5.73 Å². The highest BCUT2D eigenvalue weighted by Crippen LogP contribution is 2.16. The highest BCUT2D eigenvalue weighted by molar-refractivity contribution is 6.05. The first-order valence-electron chi connectivity index (χ1n) is 8.54. The van der Waals surface area contributed by atoms with Crippen LogP contribution >= 0.6 is 0 Å². The Morgan fingerprint density at radius 2 is 1.76 bits per heavy atom. The van der Waals surface area contributed by atoms with Crippen molar-refractivity contribution < 1.29 is 14.3 Å². The Hall–Kier alpha value is -2.82. The van der Waals surface area contributed by atoms with Gasteiger partial charge in [-0.15, -0.1) is 0 Å². The summed E-state index contributed by atoms with van der Waals surface area (Å²) in [7, 11) is 0. The molecule has 0 aliphatic heterocycles. The second-order valence-electron chi connectivity index (χ2n) is 5.83. The van der Waals surface area contributed by atoms with Crippen molar-refractivity contribution in [3.63, 3.8) is 0 Å². The number of carbonyl (C=O) groups is 2. The van der Waals surface area contributed by atoms with Gasteiger partial charge in [-0.1, -0.05) is 32.3 Å². The van der Waals surface area contributed by atoms with Gasteiger partial charge >= 0.3 is 0 Å². The second kappa shape index (κ2) is 9.47. The van der Waals surface area contributed by atoms with Crippen molar-refractivity contribution in [2.45, 2.75) is 32.6 Å². The van der Waals surface area contributed by atoms with Crippen molar-refractivity contribution in [3.05, 3.63) is 59.7 Å². The van der Waals surface area contributed by atoms with Crippen LogP contribution in [0.2, 0.25) is 0 Å². The number of carbonyl (C=O) groups excluding carboxylic acids is 2. The molecule has 25 heavy (non-hydrogen) atoms. The van der Waals surface area contributed by atoms with Crippen molar-refractivity contribution in [2.75, 3.05) is 11.9 Å². The summed E-state index contributed by atoms with van der Waals surface area (Å²) in [5.74, 6) is -0.0311. The van der Waals surface area contributed by atoms with Crippen LogP contribution in [0, 0.1) is 0 Å². The molecule has 0 aliphatic rings. The highest BCUT2D eigenvalue weighted by Gasteiger charge is 2.08. The van der Waals surface area contributed by atoms with Gasteiger partial charge in [0.1, 0.15) is 5.75 Å². The number of nitrogens with one attached hydrogen (secondary N) is 1. The van der Waals surface area contributed by atoms with Crippen molar-refractivity contribution >= 4 is 17.5 Å². The third-order valence-corrected chi connectivity index (χ3v) is 3.79. The molecule has 0 atom stereocenters. The van der Waals surface area contributed by atoms with E-state index in [2.05, 4.69) is 12.2 Å². The highest BCUT2D eigenvalue weighted by atomic mass is 16.5. The zero-order chi connectivity index (χ0) is 18.1. The molecule has 0 bridgehead atoms.